The number of anilines is 3. The molecule has 2 heterocycles. The molecular weight excluding hydrogens is 357 g/mol. The fourth-order valence-corrected chi connectivity index (χ4v) is 2.21. The van der Waals surface area contributed by atoms with Gasteiger partial charge in [-0.3, -0.25) is 0 Å². The number of benzene rings is 1. The Labute approximate surface area is 145 Å². The molecule has 3 rings (SSSR count). The summed E-state index contributed by atoms with van der Waals surface area (Å²) >= 11 is 5.96. The predicted octanol–water partition coefficient (Wildman–Crippen LogP) is 5.10. The first kappa shape index (κ1) is 17.1. The Morgan fingerprint density at radius 2 is 1.88 bits per heavy atom. The number of alkyl halides is 3. The van der Waals surface area contributed by atoms with Crippen LogP contribution in [0.3, 0.4) is 0 Å². The van der Waals surface area contributed by atoms with Crippen molar-refractivity contribution in [3.63, 3.8) is 0 Å². The monoisotopic (exact) mass is 368 g/mol. The second-order valence-electron chi connectivity index (χ2n) is 5.04. The summed E-state index contributed by atoms with van der Waals surface area (Å²) in [6.07, 6.45) is -1.61. The number of hydrogen-bond acceptors (Lipinski definition) is 5. The Morgan fingerprint density at radius 1 is 1.08 bits per heavy atom. The minimum Gasteiger partial charge on any atom is -0.467 e. The SMILES string of the molecule is FC(F)(F)c1ccc(Cl)c(Nc2cc(NCc3ccco3)ncn2)c1. The van der Waals surface area contributed by atoms with Crippen molar-refractivity contribution in [2.75, 3.05) is 10.6 Å². The number of rotatable bonds is 5. The maximum Gasteiger partial charge on any atom is 0.416 e. The van der Waals surface area contributed by atoms with E-state index in [-0.39, 0.29) is 10.7 Å². The fraction of sp³-hybridized carbons (Fsp3) is 0.125. The molecule has 2 N–H and O–H groups in total. The Hall–Kier alpha value is -2.74. The zero-order valence-electron chi connectivity index (χ0n) is 12.6. The van der Waals surface area contributed by atoms with E-state index in [2.05, 4.69) is 20.6 Å². The zero-order chi connectivity index (χ0) is 17.9. The highest BCUT2D eigenvalue weighted by Crippen LogP contribution is 2.34. The van der Waals surface area contributed by atoms with Crippen LogP contribution in [0.25, 0.3) is 0 Å². The molecular formula is C16H12ClF3N4O. The molecule has 0 aliphatic carbocycles. The van der Waals surface area contributed by atoms with Crippen LogP contribution >= 0.6 is 11.6 Å². The Bertz CT molecular complexity index is 853. The molecule has 0 bridgehead atoms. The molecule has 0 amide bonds. The molecule has 0 radical (unpaired) electrons. The normalized spacial score (nSPS) is 11.4. The quantitative estimate of drug-likeness (QED) is 0.656. The van der Waals surface area contributed by atoms with Crippen LogP contribution < -0.4 is 10.6 Å². The molecule has 0 unspecified atom stereocenters. The van der Waals surface area contributed by atoms with Gasteiger partial charge in [-0.15, -0.1) is 0 Å². The van der Waals surface area contributed by atoms with Crippen molar-refractivity contribution in [3.8, 4) is 0 Å². The van der Waals surface area contributed by atoms with E-state index in [1.807, 2.05) is 0 Å². The van der Waals surface area contributed by atoms with Gasteiger partial charge in [-0.1, -0.05) is 11.6 Å². The third-order valence-electron chi connectivity index (χ3n) is 3.25. The number of hydrogen-bond donors (Lipinski definition) is 2. The number of nitrogens with one attached hydrogen (secondary N) is 2. The standard InChI is InChI=1S/C16H12ClF3N4O/c17-12-4-3-10(16(18,19)20)6-13(12)24-15-7-14(22-9-23-15)21-8-11-2-1-5-25-11/h1-7,9H,8H2,(H2,21,22,23,24). The zero-order valence-corrected chi connectivity index (χ0v) is 13.4. The van der Waals surface area contributed by atoms with E-state index >= 15 is 0 Å². The molecule has 0 spiro atoms. The molecule has 0 aliphatic rings. The number of aromatic nitrogens is 2. The van der Waals surface area contributed by atoms with Crippen molar-refractivity contribution < 1.29 is 17.6 Å². The van der Waals surface area contributed by atoms with Crippen LogP contribution in [0.1, 0.15) is 11.3 Å². The van der Waals surface area contributed by atoms with Gasteiger partial charge in [-0.25, -0.2) is 9.97 Å². The average Bonchev–Trinajstić information content (AvgIpc) is 3.08. The number of nitrogens with zero attached hydrogens (tertiary/aromatic N) is 2. The predicted molar refractivity (Wildman–Crippen MR) is 87.8 cm³/mol. The van der Waals surface area contributed by atoms with Gasteiger partial charge in [-0.05, 0) is 30.3 Å². The Balaban J connectivity index is 1.76. The molecule has 0 saturated heterocycles. The van der Waals surface area contributed by atoms with Gasteiger partial charge < -0.3 is 15.1 Å². The van der Waals surface area contributed by atoms with E-state index in [0.29, 0.717) is 23.9 Å². The lowest BCUT2D eigenvalue weighted by Gasteiger charge is -2.12. The highest BCUT2D eigenvalue weighted by Gasteiger charge is 2.31. The largest absolute Gasteiger partial charge is 0.467 e. The first-order chi connectivity index (χ1) is 11.9. The molecule has 9 heteroatoms. The highest BCUT2D eigenvalue weighted by atomic mass is 35.5. The van der Waals surface area contributed by atoms with E-state index in [0.717, 1.165) is 12.1 Å². The van der Waals surface area contributed by atoms with Crippen molar-refractivity contribution in [3.05, 3.63) is 65.3 Å². The maximum atomic E-state index is 12.8. The topological polar surface area (TPSA) is 63.0 Å². The van der Waals surface area contributed by atoms with E-state index in [4.69, 9.17) is 16.0 Å². The first-order valence-electron chi connectivity index (χ1n) is 7.14. The summed E-state index contributed by atoms with van der Waals surface area (Å²) in [5.41, 5.74) is -0.697. The van der Waals surface area contributed by atoms with Gasteiger partial charge in [-0.2, -0.15) is 13.2 Å². The lowest BCUT2D eigenvalue weighted by molar-refractivity contribution is -0.137. The lowest BCUT2D eigenvalue weighted by Crippen LogP contribution is -2.06. The number of furan rings is 1. The van der Waals surface area contributed by atoms with Crippen LogP contribution in [0.4, 0.5) is 30.5 Å². The molecule has 3 aromatic rings. The second-order valence-corrected chi connectivity index (χ2v) is 5.45. The third-order valence-corrected chi connectivity index (χ3v) is 3.58. The summed E-state index contributed by atoms with van der Waals surface area (Å²) in [6, 6.07) is 8.16. The molecule has 130 valence electrons. The summed E-state index contributed by atoms with van der Waals surface area (Å²) in [4.78, 5) is 8.03. The van der Waals surface area contributed by atoms with Crippen molar-refractivity contribution in [1.82, 2.24) is 9.97 Å². The summed E-state index contributed by atoms with van der Waals surface area (Å²) in [5, 5.41) is 5.95. The Morgan fingerprint density at radius 3 is 2.60 bits per heavy atom. The lowest BCUT2D eigenvalue weighted by atomic mass is 10.2. The molecule has 0 atom stereocenters. The van der Waals surface area contributed by atoms with Gasteiger partial charge >= 0.3 is 6.18 Å². The molecule has 1 aromatic carbocycles. The molecule has 0 saturated carbocycles. The van der Waals surface area contributed by atoms with Crippen LogP contribution in [0.15, 0.2) is 53.4 Å². The molecule has 2 aromatic heterocycles. The fourth-order valence-electron chi connectivity index (χ4n) is 2.05. The van der Waals surface area contributed by atoms with Crippen molar-refractivity contribution in [2.24, 2.45) is 0 Å². The van der Waals surface area contributed by atoms with Crippen molar-refractivity contribution in [1.29, 1.82) is 0 Å². The van der Waals surface area contributed by atoms with Gasteiger partial charge in [0.25, 0.3) is 0 Å². The van der Waals surface area contributed by atoms with E-state index < -0.39 is 11.7 Å². The van der Waals surface area contributed by atoms with Gasteiger partial charge in [0.2, 0.25) is 0 Å². The van der Waals surface area contributed by atoms with Crippen molar-refractivity contribution in [2.45, 2.75) is 12.7 Å². The van der Waals surface area contributed by atoms with E-state index in [1.54, 1.807) is 24.5 Å². The molecule has 5 nitrogen and oxygen atoms in total. The summed E-state index contributed by atoms with van der Waals surface area (Å²) in [5.74, 6) is 1.50. The van der Waals surface area contributed by atoms with Crippen LogP contribution in [0.5, 0.6) is 0 Å². The highest BCUT2D eigenvalue weighted by molar-refractivity contribution is 6.33. The van der Waals surface area contributed by atoms with Crippen LogP contribution in [0.2, 0.25) is 5.02 Å². The van der Waals surface area contributed by atoms with E-state index in [1.165, 1.54) is 12.4 Å². The van der Waals surface area contributed by atoms with E-state index in [9.17, 15) is 13.2 Å². The second kappa shape index (κ2) is 7.02. The summed E-state index contributed by atoms with van der Waals surface area (Å²) < 4.78 is 43.7. The van der Waals surface area contributed by atoms with Gasteiger partial charge in [0.05, 0.1) is 29.1 Å². The van der Waals surface area contributed by atoms with Crippen molar-refractivity contribution >= 4 is 28.9 Å². The average molecular weight is 369 g/mol. The maximum absolute atomic E-state index is 12.8. The Kier molecular flexibility index (Phi) is 4.80. The van der Waals surface area contributed by atoms with Crippen LogP contribution in [-0.4, -0.2) is 9.97 Å². The molecule has 25 heavy (non-hydrogen) atoms. The minimum atomic E-state index is -4.46. The minimum absolute atomic E-state index is 0.104. The molecule has 0 aliphatic heterocycles. The van der Waals surface area contributed by atoms with Crippen LogP contribution in [-0.2, 0) is 12.7 Å². The summed E-state index contributed by atoms with van der Waals surface area (Å²) in [6.45, 7) is 0.410. The van der Waals surface area contributed by atoms with Gasteiger partial charge in [0.1, 0.15) is 23.7 Å². The third kappa shape index (κ3) is 4.42. The number of halogens is 4. The smallest absolute Gasteiger partial charge is 0.416 e. The first-order valence-corrected chi connectivity index (χ1v) is 7.52. The van der Waals surface area contributed by atoms with Crippen LogP contribution in [0, 0.1) is 0 Å². The van der Waals surface area contributed by atoms with Gasteiger partial charge in [0, 0.05) is 6.07 Å². The summed E-state index contributed by atoms with van der Waals surface area (Å²) in [7, 11) is 0. The van der Waals surface area contributed by atoms with Gasteiger partial charge in [0.15, 0.2) is 0 Å². The molecule has 0 fully saturated rings.